The number of allylic oxidation sites excluding steroid dienone is 3. The molecule has 68 heavy (non-hydrogen) atoms. The van der Waals surface area contributed by atoms with Crippen LogP contribution < -0.4 is 25.7 Å². The van der Waals surface area contributed by atoms with Gasteiger partial charge in [-0.25, -0.2) is 5.48 Å². The highest BCUT2D eigenvalue weighted by molar-refractivity contribution is 8.03. The lowest BCUT2D eigenvalue weighted by Crippen LogP contribution is -2.46. The average molecular weight is 984 g/mol. The topological polar surface area (TPSA) is 172 Å². The number of amides is 3. The number of nitro groups is 1. The van der Waals surface area contributed by atoms with Gasteiger partial charge < -0.3 is 20.4 Å². The Hall–Kier alpha value is -5.36. The Morgan fingerprint density at radius 1 is 0.897 bits per heavy atom. The van der Waals surface area contributed by atoms with Gasteiger partial charge in [-0.05, 0) is 117 Å². The smallest absolute Gasteiger partial charge is 0.293 e. The standard InChI is InChI=1S/C51H63ClN8O6S2/c1-50(2,34-51(3,4)49(63)55-64)48(62)54-44-30-36(18-23-45(44)59-28-26-58(27-29-59)32-37-12-10-11-15-42(37)35-16-19-38(52)20-17-35)47(61)56-68-41-21-22-43(46(31-41)60(65)66)53-39(24-25-57(5)6)33-67-40-13-8-7-9-14-40/h8,10-23,30-31,39,53,64H,7,9,24-29,32-34H2,1-6H3,(H,54,62)(H,55,63)(H,56,61). The van der Waals surface area contributed by atoms with Crippen LogP contribution in [0.1, 0.15) is 69.3 Å². The van der Waals surface area contributed by atoms with Crippen LogP contribution in [0.2, 0.25) is 5.02 Å². The van der Waals surface area contributed by atoms with E-state index in [1.807, 2.05) is 56.6 Å². The molecule has 0 aromatic heterocycles. The van der Waals surface area contributed by atoms with Crippen molar-refractivity contribution in [2.45, 2.75) is 70.9 Å². The minimum absolute atomic E-state index is 0.0302. The van der Waals surface area contributed by atoms with Gasteiger partial charge in [-0.1, -0.05) is 93.9 Å². The number of thioether (sulfide) groups is 1. The molecule has 0 spiro atoms. The van der Waals surface area contributed by atoms with E-state index in [-0.39, 0.29) is 29.6 Å². The molecule has 4 aromatic carbocycles. The maximum atomic E-state index is 14.1. The predicted octanol–water partition coefficient (Wildman–Crippen LogP) is 10.3. The maximum absolute atomic E-state index is 14.1. The van der Waals surface area contributed by atoms with Crippen molar-refractivity contribution in [1.29, 1.82) is 0 Å². The van der Waals surface area contributed by atoms with Gasteiger partial charge in [0.2, 0.25) is 11.8 Å². The number of halogens is 1. The monoisotopic (exact) mass is 982 g/mol. The number of rotatable bonds is 21. The molecule has 0 radical (unpaired) electrons. The molecule has 1 fully saturated rings. The van der Waals surface area contributed by atoms with E-state index in [9.17, 15) is 29.7 Å². The van der Waals surface area contributed by atoms with Crippen LogP contribution in [0.3, 0.4) is 0 Å². The van der Waals surface area contributed by atoms with Crippen molar-refractivity contribution in [3.05, 3.63) is 134 Å². The van der Waals surface area contributed by atoms with Gasteiger partial charge in [0, 0.05) is 81.8 Å². The number of anilines is 3. The van der Waals surface area contributed by atoms with Crippen LogP contribution in [-0.4, -0.2) is 96.3 Å². The summed E-state index contributed by atoms with van der Waals surface area (Å²) in [7, 11) is 4.01. The lowest BCUT2D eigenvalue weighted by Gasteiger charge is -2.38. The lowest BCUT2D eigenvalue weighted by molar-refractivity contribution is -0.384. The molecule has 3 amide bonds. The third kappa shape index (κ3) is 14.3. The number of hydroxylamine groups is 1. The summed E-state index contributed by atoms with van der Waals surface area (Å²) in [4.78, 5) is 60.8. The van der Waals surface area contributed by atoms with Crippen molar-refractivity contribution in [1.82, 2.24) is 20.0 Å². The summed E-state index contributed by atoms with van der Waals surface area (Å²) in [5.41, 5.74) is 4.76. The Labute approximate surface area is 413 Å². The Bertz CT molecular complexity index is 2490. The van der Waals surface area contributed by atoms with E-state index in [1.165, 1.54) is 16.5 Å². The van der Waals surface area contributed by atoms with Crippen molar-refractivity contribution in [3.8, 4) is 11.1 Å². The van der Waals surface area contributed by atoms with E-state index in [1.54, 1.807) is 69.2 Å². The van der Waals surface area contributed by atoms with Crippen molar-refractivity contribution in [3.63, 3.8) is 0 Å². The zero-order valence-electron chi connectivity index (χ0n) is 39.6. The molecule has 1 saturated heterocycles. The van der Waals surface area contributed by atoms with Crippen molar-refractivity contribution in [2.75, 3.05) is 68.1 Å². The second kappa shape index (κ2) is 23.8. The number of nitrogens with zero attached hydrogens (tertiary/aromatic N) is 4. The number of nitrogens with one attached hydrogen (secondary N) is 4. The summed E-state index contributed by atoms with van der Waals surface area (Å²) in [5, 5.41) is 29.0. The zero-order valence-corrected chi connectivity index (χ0v) is 42.0. The second-order valence-corrected chi connectivity index (χ2v) is 21.2. The Morgan fingerprint density at radius 2 is 1.62 bits per heavy atom. The molecule has 4 aromatic rings. The van der Waals surface area contributed by atoms with E-state index in [0.717, 1.165) is 80.0 Å². The summed E-state index contributed by atoms with van der Waals surface area (Å²) < 4.78 is 2.84. The molecule has 0 saturated carbocycles. The van der Waals surface area contributed by atoms with E-state index in [2.05, 4.69) is 60.4 Å². The highest BCUT2D eigenvalue weighted by Gasteiger charge is 2.39. The highest BCUT2D eigenvalue weighted by atomic mass is 35.5. The Balaban J connectivity index is 1.18. The molecule has 1 aliphatic heterocycles. The molecule has 0 bridgehead atoms. The first-order chi connectivity index (χ1) is 32.4. The molecule has 2 aliphatic rings. The minimum Gasteiger partial charge on any atom is -0.376 e. The van der Waals surface area contributed by atoms with Gasteiger partial charge in [0.15, 0.2) is 0 Å². The van der Waals surface area contributed by atoms with Gasteiger partial charge in [0.05, 0.1) is 16.3 Å². The first-order valence-electron chi connectivity index (χ1n) is 22.8. The number of nitro benzene ring substituents is 1. The number of hydrogen-bond donors (Lipinski definition) is 5. The lowest BCUT2D eigenvalue weighted by atomic mass is 9.74. The molecular weight excluding hydrogens is 920 g/mol. The number of piperazine rings is 1. The fourth-order valence-electron chi connectivity index (χ4n) is 8.46. The van der Waals surface area contributed by atoms with E-state index >= 15 is 0 Å². The number of carbonyl (C=O) groups is 3. The van der Waals surface area contributed by atoms with Crippen LogP contribution in [0.4, 0.5) is 22.7 Å². The first kappa shape index (κ1) is 52.0. The summed E-state index contributed by atoms with van der Waals surface area (Å²) >= 11 is 8.89. The van der Waals surface area contributed by atoms with Crippen molar-refractivity contribution >= 4 is 75.8 Å². The van der Waals surface area contributed by atoms with Crippen molar-refractivity contribution < 1.29 is 24.5 Å². The predicted molar refractivity (Wildman–Crippen MR) is 277 cm³/mol. The maximum Gasteiger partial charge on any atom is 0.293 e. The number of hydrogen-bond acceptors (Lipinski definition) is 12. The molecule has 362 valence electrons. The van der Waals surface area contributed by atoms with Crippen molar-refractivity contribution in [2.24, 2.45) is 10.8 Å². The van der Waals surface area contributed by atoms with Gasteiger partial charge in [0.1, 0.15) is 5.69 Å². The second-order valence-electron chi connectivity index (χ2n) is 18.8. The fraction of sp³-hybridized carbons (Fsp3) is 0.392. The highest BCUT2D eigenvalue weighted by Crippen LogP contribution is 2.38. The van der Waals surface area contributed by atoms with E-state index < -0.39 is 27.6 Å². The van der Waals surface area contributed by atoms with Gasteiger partial charge in [-0.15, -0.1) is 11.8 Å². The van der Waals surface area contributed by atoms with Gasteiger partial charge in [0.25, 0.3) is 11.6 Å². The summed E-state index contributed by atoms with van der Waals surface area (Å²) in [5.74, 6) is -0.696. The molecule has 14 nitrogen and oxygen atoms in total. The SMILES string of the molecule is CN(C)CCC(CSC1=CCCC=C1)Nc1ccc(SNC(=O)c2ccc(N3CCN(Cc4ccccc4-c4ccc(Cl)cc4)CC3)c(NC(=O)C(C)(C)CC(C)(C)C(=O)NO)c2)cc1[N+](=O)[O-]. The number of benzene rings is 4. The number of carbonyl (C=O) groups excluding carboxylic acids is 3. The Morgan fingerprint density at radius 3 is 2.29 bits per heavy atom. The van der Waals surface area contributed by atoms with Gasteiger partial charge in [-0.2, -0.15) is 0 Å². The van der Waals surface area contributed by atoms with Crippen LogP contribution >= 0.6 is 35.3 Å². The van der Waals surface area contributed by atoms with E-state index in [4.69, 9.17) is 11.6 Å². The molecule has 6 rings (SSSR count). The fourth-order valence-corrected chi connectivity index (χ4v) is 10.3. The summed E-state index contributed by atoms with van der Waals surface area (Å²) in [6, 6.07) is 26.2. The van der Waals surface area contributed by atoms with Crippen LogP contribution in [0.15, 0.2) is 113 Å². The van der Waals surface area contributed by atoms with Gasteiger partial charge >= 0.3 is 0 Å². The molecular formula is C51H63ClN8O6S2. The molecule has 1 atom stereocenters. The van der Waals surface area contributed by atoms with Crippen LogP contribution in [-0.2, 0) is 16.1 Å². The largest absolute Gasteiger partial charge is 0.376 e. The molecule has 17 heteroatoms. The van der Waals surface area contributed by atoms with Gasteiger partial charge in [-0.3, -0.25) is 39.3 Å². The molecule has 1 aliphatic carbocycles. The van der Waals surface area contributed by atoms with Crippen LogP contribution in [0, 0.1) is 20.9 Å². The third-order valence-corrected chi connectivity index (χ3v) is 14.4. The van der Waals surface area contributed by atoms with E-state index in [0.29, 0.717) is 34.4 Å². The summed E-state index contributed by atoms with van der Waals surface area (Å²) in [6.07, 6.45) is 9.47. The summed E-state index contributed by atoms with van der Waals surface area (Å²) in [6.45, 7) is 11.1. The zero-order chi connectivity index (χ0) is 49.0. The first-order valence-corrected chi connectivity index (χ1v) is 25.0. The normalized spacial score (nSPS) is 14.8. The third-order valence-electron chi connectivity index (χ3n) is 12.1. The van der Waals surface area contributed by atoms with Crippen LogP contribution in [0.25, 0.3) is 11.1 Å². The molecule has 1 heterocycles. The Kier molecular flexibility index (Phi) is 18.2. The average Bonchev–Trinajstić information content (AvgIpc) is 3.32. The molecule has 1 unspecified atom stereocenters. The minimum atomic E-state index is -1.07. The van der Waals surface area contributed by atoms with Crippen LogP contribution in [0.5, 0.6) is 0 Å². The quantitative estimate of drug-likeness (QED) is 0.0232. The molecule has 5 N–H and O–H groups in total.